The fourth-order valence-electron chi connectivity index (χ4n) is 1.30. The Morgan fingerprint density at radius 2 is 2.29 bits per heavy atom. The summed E-state index contributed by atoms with van der Waals surface area (Å²) in [6.45, 7) is 2.07. The molecular formula is C10H10ClNOS. The van der Waals surface area contributed by atoms with Crippen LogP contribution in [0.4, 0.5) is 0 Å². The molecule has 0 aliphatic rings. The Hall–Kier alpha value is -0.930. The predicted molar refractivity (Wildman–Crippen MR) is 52.7 cm³/mol. The molecule has 0 saturated heterocycles. The molecule has 2 aromatic rings. The van der Waals surface area contributed by atoms with Gasteiger partial charge < -0.3 is 12.4 Å². The highest BCUT2D eigenvalue weighted by Crippen LogP contribution is 2.17. The Morgan fingerprint density at radius 1 is 1.50 bits per heavy atom. The largest absolute Gasteiger partial charge is 1.00 e. The van der Waals surface area contributed by atoms with E-state index in [2.05, 4.69) is 11.4 Å². The number of rotatable bonds is 2. The van der Waals surface area contributed by atoms with Crippen LogP contribution in [-0.2, 0) is 11.3 Å². The molecule has 0 aliphatic carbocycles. The topological polar surface area (TPSA) is 20.9 Å². The van der Waals surface area contributed by atoms with Gasteiger partial charge in [-0.15, -0.1) is 11.3 Å². The first kappa shape index (κ1) is 11.1. The first-order valence-electron chi connectivity index (χ1n) is 4.11. The summed E-state index contributed by atoms with van der Waals surface area (Å²) >= 11 is 1.70. The number of halogens is 1. The van der Waals surface area contributed by atoms with Gasteiger partial charge in [-0.3, -0.25) is 4.79 Å². The molecule has 0 aromatic carbocycles. The summed E-state index contributed by atoms with van der Waals surface area (Å²) < 4.78 is 3.14. The first-order valence-corrected chi connectivity index (χ1v) is 4.99. The molecule has 2 nitrogen and oxygen atoms in total. The number of thiophene rings is 1. The second-order valence-electron chi connectivity index (χ2n) is 3.06. The molecule has 0 spiro atoms. The molecular weight excluding hydrogens is 218 g/mol. The van der Waals surface area contributed by atoms with Crippen molar-refractivity contribution in [3.63, 3.8) is 0 Å². The van der Waals surface area contributed by atoms with Crippen molar-refractivity contribution < 1.29 is 21.8 Å². The predicted octanol–water partition coefficient (Wildman–Crippen LogP) is -1.22. The highest BCUT2D eigenvalue weighted by Gasteiger charge is 2.05. The van der Waals surface area contributed by atoms with Crippen molar-refractivity contribution in [1.82, 2.24) is 0 Å². The summed E-state index contributed by atoms with van der Waals surface area (Å²) in [4.78, 5) is 10.9. The van der Waals surface area contributed by atoms with Crippen LogP contribution in [0.25, 0.3) is 10.1 Å². The molecule has 0 radical (unpaired) electrons. The van der Waals surface area contributed by atoms with Gasteiger partial charge in [-0.1, -0.05) is 0 Å². The van der Waals surface area contributed by atoms with Gasteiger partial charge >= 0.3 is 0 Å². The molecule has 0 saturated carbocycles. The number of nitrogens with zero attached hydrogens (tertiary/aromatic N) is 1. The van der Waals surface area contributed by atoms with Gasteiger partial charge in [-0.25, -0.2) is 0 Å². The van der Waals surface area contributed by atoms with Crippen molar-refractivity contribution in [3.8, 4) is 0 Å². The fourth-order valence-corrected chi connectivity index (χ4v) is 2.13. The van der Waals surface area contributed by atoms with Crippen molar-refractivity contribution >= 4 is 27.2 Å². The number of aromatic nitrogens is 1. The van der Waals surface area contributed by atoms with Gasteiger partial charge in [0.05, 0.1) is 4.70 Å². The zero-order valence-corrected chi connectivity index (χ0v) is 9.31. The third kappa shape index (κ3) is 2.30. The molecule has 0 atom stereocenters. The maximum atomic E-state index is 10.9. The van der Waals surface area contributed by atoms with E-state index in [1.165, 1.54) is 10.1 Å². The van der Waals surface area contributed by atoms with Gasteiger partial charge in [0.15, 0.2) is 18.2 Å². The first-order chi connectivity index (χ1) is 6.25. The number of pyridine rings is 1. The summed E-state index contributed by atoms with van der Waals surface area (Å²) in [6.07, 6.45) is 3.96. The Balaban J connectivity index is 0.000000980. The number of Topliss-reactive ketones (excluding diaryl/α,β-unsaturated/α-hetero) is 1. The number of fused-ring (bicyclic) bond motifs is 1. The molecule has 14 heavy (non-hydrogen) atoms. The van der Waals surface area contributed by atoms with Gasteiger partial charge in [0.1, 0.15) is 0 Å². The van der Waals surface area contributed by atoms with Crippen LogP contribution in [0.1, 0.15) is 6.92 Å². The number of carbonyl (C=O) groups excluding carboxylic acids is 1. The minimum Gasteiger partial charge on any atom is -1.00 e. The molecule has 74 valence electrons. The Labute approximate surface area is 92.6 Å². The third-order valence-corrected chi connectivity index (χ3v) is 2.73. The van der Waals surface area contributed by atoms with E-state index >= 15 is 0 Å². The van der Waals surface area contributed by atoms with Gasteiger partial charge in [-0.05, 0) is 11.4 Å². The van der Waals surface area contributed by atoms with Gasteiger partial charge in [0, 0.05) is 18.4 Å². The smallest absolute Gasteiger partial charge is 0.206 e. The number of carbonyl (C=O) groups is 1. The average molecular weight is 228 g/mol. The standard InChI is InChI=1S/C10H10NOS.ClH/c1-8(12)6-11-4-2-9-3-5-13-10(9)7-11;/h2-5,7H,6H2,1H3;1H/q+1;/p-1. The summed E-state index contributed by atoms with van der Waals surface area (Å²) in [7, 11) is 0. The lowest BCUT2D eigenvalue weighted by Gasteiger charge is -1.92. The van der Waals surface area contributed by atoms with Crippen LogP contribution < -0.4 is 17.0 Å². The average Bonchev–Trinajstić information content (AvgIpc) is 2.49. The number of ketones is 1. The highest BCUT2D eigenvalue weighted by atomic mass is 35.5. The van der Waals surface area contributed by atoms with Crippen molar-refractivity contribution in [2.45, 2.75) is 13.5 Å². The van der Waals surface area contributed by atoms with Crippen LogP contribution in [0.5, 0.6) is 0 Å². The quantitative estimate of drug-likeness (QED) is 0.590. The normalized spacial score (nSPS) is 9.79. The number of hydrogen-bond acceptors (Lipinski definition) is 2. The zero-order valence-electron chi connectivity index (χ0n) is 7.74. The Bertz CT molecular complexity index is 452. The van der Waals surface area contributed by atoms with E-state index in [1.54, 1.807) is 18.3 Å². The zero-order chi connectivity index (χ0) is 9.26. The van der Waals surface area contributed by atoms with E-state index in [-0.39, 0.29) is 18.2 Å². The Kier molecular flexibility index (Phi) is 3.61. The van der Waals surface area contributed by atoms with E-state index in [9.17, 15) is 4.79 Å². The van der Waals surface area contributed by atoms with E-state index in [4.69, 9.17) is 0 Å². The second kappa shape index (κ2) is 4.53. The van der Waals surface area contributed by atoms with Crippen molar-refractivity contribution in [1.29, 1.82) is 0 Å². The molecule has 2 rings (SSSR count). The molecule has 0 fully saturated rings. The van der Waals surface area contributed by atoms with Crippen molar-refractivity contribution in [2.24, 2.45) is 0 Å². The van der Waals surface area contributed by atoms with Crippen LogP contribution in [-0.4, -0.2) is 5.78 Å². The maximum Gasteiger partial charge on any atom is 0.206 e. The van der Waals surface area contributed by atoms with Gasteiger partial charge in [-0.2, -0.15) is 4.57 Å². The van der Waals surface area contributed by atoms with Crippen LogP contribution in [0, 0.1) is 0 Å². The molecule has 4 heteroatoms. The van der Waals surface area contributed by atoms with E-state index in [1.807, 2.05) is 23.0 Å². The summed E-state index contributed by atoms with van der Waals surface area (Å²) in [5.41, 5.74) is 0. The lowest BCUT2D eigenvalue weighted by Crippen LogP contribution is -3.00. The SMILES string of the molecule is CC(=O)C[n+]1ccc2ccsc2c1.[Cl-]. The Morgan fingerprint density at radius 3 is 3.00 bits per heavy atom. The summed E-state index contributed by atoms with van der Waals surface area (Å²) in [5.74, 6) is 0.181. The van der Waals surface area contributed by atoms with E-state index < -0.39 is 0 Å². The molecule has 0 bridgehead atoms. The second-order valence-corrected chi connectivity index (χ2v) is 4.01. The fraction of sp³-hybridized carbons (Fsp3) is 0.200. The van der Waals surface area contributed by atoms with E-state index in [0.717, 1.165) is 0 Å². The molecule has 2 heterocycles. The van der Waals surface area contributed by atoms with Crippen LogP contribution >= 0.6 is 11.3 Å². The molecule has 0 amide bonds. The molecule has 0 N–H and O–H groups in total. The highest BCUT2D eigenvalue weighted by molar-refractivity contribution is 7.17. The van der Waals surface area contributed by atoms with Gasteiger partial charge in [0.2, 0.25) is 6.54 Å². The van der Waals surface area contributed by atoms with Crippen molar-refractivity contribution in [2.75, 3.05) is 0 Å². The van der Waals surface area contributed by atoms with Crippen LogP contribution in [0.3, 0.4) is 0 Å². The van der Waals surface area contributed by atoms with Gasteiger partial charge in [0.25, 0.3) is 0 Å². The lowest BCUT2D eigenvalue weighted by molar-refractivity contribution is -0.682. The molecule has 0 unspecified atom stereocenters. The van der Waals surface area contributed by atoms with Crippen LogP contribution in [0.15, 0.2) is 29.9 Å². The molecule has 2 aromatic heterocycles. The summed E-state index contributed by atoms with van der Waals surface area (Å²) in [6, 6.07) is 4.12. The minimum absolute atomic E-state index is 0. The third-order valence-electron chi connectivity index (χ3n) is 1.86. The van der Waals surface area contributed by atoms with Crippen molar-refractivity contribution in [3.05, 3.63) is 29.9 Å². The monoisotopic (exact) mass is 227 g/mol. The minimum atomic E-state index is 0. The summed E-state index contributed by atoms with van der Waals surface area (Å²) in [5, 5.41) is 3.30. The number of hydrogen-bond donors (Lipinski definition) is 0. The maximum absolute atomic E-state index is 10.9. The van der Waals surface area contributed by atoms with E-state index in [0.29, 0.717) is 6.54 Å². The van der Waals surface area contributed by atoms with Crippen LogP contribution in [0.2, 0.25) is 0 Å². The molecule has 0 aliphatic heterocycles. The lowest BCUT2D eigenvalue weighted by atomic mass is 10.3.